The molecule has 4 atom stereocenters. The molecule has 2 fully saturated rings. The first-order chi connectivity index (χ1) is 14.0. The van der Waals surface area contributed by atoms with Gasteiger partial charge in [0, 0.05) is 19.3 Å². The van der Waals surface area contributed by atoms with Crippen LogP contribution in [0.2, 0.25) is 0 Å². The number of carbonyl (C=O) groups excluding carboxylic acids is 1. The number of amides is 1. The number of alkyl halides is 2. The highest BCUT2D eigenvalue weighted by atomic mass is 19.3. The van der Waals surface area contributed by atoms with E-state index in [2.05, 4.69) is 10.1 Å². The second kappa shape index (κ2) is 6.91. The summed E-state index contributed by atoms with van der Waals surface area (Å²) in [4.78, 5) is 18.8. The zero-order valence-corrected chi connectivity index (χ0v) is 15.6. The molecule has 5 rings (SSSR count). The van der Waals surface area contributed by atoms with Crippen LogP contribution in [0.25, 0.3) is 11.0 Å². The van der Waals surface area contributed by atoms with E-state index in [1.165, 1.54) is 6.07 Å². The number of nitrogens with zero attached hydrogens (tertiary/aromatic N) is 5. The summed E-state index contributed by atoms with van der Waals surface area (Å²) >= 11 is 0. The molecule has 2 aromatic heterocycles. The summed E-state index contributed by atoms with van der Waals surface area (Å²) in [7, 11) is 0. The van der Waals surface area contributed by atoms with Gasteiger partial charge in [0.05, 0.1) is 29.5 Å². The van der Waals surface area contributed by atoms with Crippen molar-refractivity contribution < 1.29 is 18.7 Å². The quantitative estimate of drug-likeness (QED) is 0.732. The number of aliphatic hydroxyl groups is 1. The highest BCUT2D eigenvalue weighted by Crippen LogP contribution is 2.42. The normalized spacial score (nSPS) is 27.0. The Morgan fingerprint density at radius 1 is 1.14 bits per heavy atom. The average Bonchev–Trinajstić information content (AvgIpc) is 3.44. The van der Waals surface area contributed by atoms with E-state index in [1.807, 2.05) is 28.8 Å². The number of para-hydroxylation sites is 2. The summed E-state index contributed by atoms with van der Waals surface area (Å²) in [6.07, 6.45) is 3.69. The maximum Gasteiger partial charge on any atom is 0.333 e. The highest BCUT2D eigenvalue weighted by molar-refractivity contribution is 5.92. The summed E-state index contributed by atoms with van der Waals surface area (Å²) in [6.45, 7) is -1.71. The molecule has 0 unspecified atom stereocenters. The van der Waals surface area contributed by atoms with Gasteiger partial charge in [-0.3, -0.25) is 4.79 Å². The average molecular weight is 401 g/mol. The predicted molar refractivity (Wildman–Crippen MR) is 100 cm³/mol. The van der Waals surface area contributed by atoms with Crippen molar-refractivity contribution in [3.8, 4) is 0 Å². The minimum Gasteiger partial charge on any atom is -0.391 e. The molecule has 2 aliphatic rings. The smallest absolute Gasteiger partial charge is 0.333 e. The molecule has 1 amide bonds. The molecule has 1 saturated carbocycles. The fourth-order valence-corrected chi connectivity index (χ4v) is 4.84. The first-order valence-corrected chi connectivity index (χ1v) is 9.73. The molecular formula is C20H21F2N5O2. The van der Waals surface area contributed by atoms with Crippen molar-refractivity contribution in [2.75, 3.05) is 13.1 Å². The molecule has 0 spiro atoms. The number of rotatable bonds is 3. The van der Waals surface area contributed by atoms with Crippen LogP contribution in [0, 0.1) is 11.8 Å². The molecule has 1 aromatic carbocycles. The van der Waals surface area contributed by atoms with Gasteiger partial charge in [-0.25, -0.2) is 9.67 Å². The number of benzene rings is 1. The van der Waals surface area contributed by atoms with Crippen LogP contribution in [-0.2, 0) is 0 Å². The van der Waals surface area contributed by atoms with E-state index < -0.39 is 12.7 Å². The van der Waals surface area contributed by atoms with Crippen LogP contribution >= 0.6 is 0 Å². The molecule has 3 aromatic rings. The molecule has 7 nitrogen and oxygen atoms in total. The number of imidazole rings is 1. The number of hydrogen-bond donors (Lipinski definition) is 1. The van der Waals surface area contributed by atoms with Gasteiger partial charge < -0.3 is 14.6 Å². The van der Waals surface area contributed by atoms with Crippen LogP contribution in [-0.4, -0.2) is 54.4 Å². The predicted octanol–water partition coefficient (Wildman–Crippen LogP) is 2.71. The first-order valence-electron chi connectivity index (χ1n) is 9.73. The van der Waals surface area contributed by atoms with Crippen LogP contribution in [0.15, 0.2) is 42.9 Å². The fraction of sp³-hybridized carbons (Fsp3) is 0.450. The molecule has 0 radical (unpaired) electrons. The Morgan fingerprint density at radius 3 is 2.66 bits per heavy atom. The molecule has 3 heterocycles. The van der Waals surface area contributed by atoms with Gasteiger partial charge in [0.2, 0.25) is 0 Å². The van der Waals surface area contributed by atoms with Gasteiger partial charge in [0.15, 0.2) is 5.69 Å². The lowest BCUT2D eigenvalue weighted by Gasteiger charge is -2.36. The zero-order chi connectivity index (χ0) is 20.1. The lowest BCUT2D eigenvalue weighted by Crippen LogP contribution is -2.36. The second-order valence-corrected chi connectivity index (χ2v) is 7.94. The summed E-state index contributed by atoms with van der Waals surface area (Å²) in [6, 6.07) is 9.04. The molecule has 29 heavy (non-hydrogen) atoms. The van der Waals surface area contributed by atoms with Gasteiger partial charge in [-0.05, 0) is 42.9 Å². The van der Waals surface area contributed by atoms with Gasteiger partial charge in [-0.2, -0.15) is 13.9 Å². The number of aliphatic hydroxyl groups excluding tert-OH is 1. The fourth-order valence-electron chi connectivity index (χ4n) is 4.84. The van der Waals surface area contributed by atoms with Crippen molar-refractivity contribution in [1.29, 1.82) is 0 Å². The largest absolute Gasteiger partial charge is 0.391 e. The minimum atomic E-state index is -2.77. The Bertz CT molecular complexity index is 1050. The van der Waals surface area contributed by atoms with Crippen molar-refractivity contribution >= 4 is 16.9 Å². The van der Waals surface area contributed by atoms with E-state index in [-0.39, 0.29) is 29.5 Å². The molecule has 1 N–H and O–H groups in total. The van der Waals surface area contributed by atoms with Gasteiger partial charge in [0.25, 0.3) is 5.91 Å². The Hall–Kier alpha value is -2.81. The zero-order valence-electron chi connectivity index (χ0n) is 15.6. The lowest BCUT2D eigenvalue weighted by atomic mass is 9.77. The number of aromatic nitrogens is 4. The third-order valence-electron chi connectivity index (χ3n) is 6.26. The minimum absolute atomic E-state index is 0.0293. The number of likely N-dealkylation sites (tertiary alicyclic amines) is 1. The number of carbonyl (C=O) groups is 1. The summed E-state index contributed by atoms with van der Waals surface area (Å²) in [5, 5.41) is 14.5. The number of fused-ring (bicyclic) bond motifs is 2. The molecule has 1 aliphatic heterocycles. The molecule has 9 heteroatoms. The summed E-state index contributed by atoms with van der Waals surface area (Å²) < 4.78 is 28.0. The van der Waals surface area contributed by atoms with Gasteiger partial charge in [-0.15, -0.1) is 0 Å². The van der Waals surface area contributed by atoms with Gasteiger partial charge in [-0.1, -0.05) is 12.1 Å². The Balaban J connectivity index is 1.34. The third kappa shape index (κ3) is 3.09. The SMILES string of the molecule is O=C(c1ccn(C(F)F)n1)N1C[C@H]2C[C@@H](n3cnc4ccccc43)[C@H](O)C[C@H]2C1. The molecule has 1 saturated heterocycles. The molecular weight excluding hydrogens is 380 g/mol. The summed E-state index contributed by atoms with van der Waals surface area (Å²) in [5.74, 6) is 0.0980. The van der Waals surface area contributed by atoms with Crippen LogP contribution in [0.3, 0.4) is 0 Å². The Kier molecular flexibility index (Phi) is 4.34. The van der Waals surface area contributed by atoms with Crippen molar-refractivity contribution in [3.05, 3.63) is 48.5 Å². The van der Waals surface area contributed by atoms with E-state index in [9.17, 15) is 18.7 Å². The van der Waals surface area contributed by atoms with Crippen molar-refractivity contribution in [3.63, 3.8) is 0 Å². The first kappa shape index (κ1) is 18.2. The third-order valence-corrected chi connectivity index (χ3v) is 6.26. The van der Waals surface area contributed by atoms with E-state index in [0.29, 0.717) is 24.2 Å². The molecule has 152 valence electrons. The van der Waals surface area contributed by atoms with E-state index in [1.54, 1.807) is 11.2 Å². The number of hydrogen-bond acceptors (Lipinski definition) is 4. The number of halogens is 2. The Morgan fingerprint density at radius 2 is 1.90 bits per heavy atom. The monoisotopic (exact) mass is 401 g/mol. The van der Waals surface area contributed by atoms with Crippen LogP contribution in [0.5, 0.6) is 0 Å². The topological polar surface area (TPSA) is 76.2 Å². The molecule has 1 aliphatic carbocycles. The second-order valence-electron chi connectivity index (χ2n) is 7.94. The Labute approximate surface area is 165 Å². The van der Waals surface area contributed by atoms with Crippen molar-refractivity contribution in [1.82, 2.24) is 24.2 Å². The van der Waals surface area contributed by atoms with Crippen molar-refractivity contribution in [2.45, 2.75) is 31.5 Å². The standard InChI is InChI=1S/C20H21F2N5O2/c21-20(22)27-6-5-15(24-27)19(29)25-9-12-7-17(18(28)8-13(12)10-25)26-11-23-14-3-1-2-4-16(14)26/h1-6,11-13,17-18,20,28H,7-10H2/t12-,13+,17-,18-/m1/s1. The van der Waals surface area contributed by atoms with E-state index in [0.717, 1.165) is 23.7 Å². The van der Waals surface area contributed by atoms with Crippen LogP contribution in [0.4, 0.5) is 8.78 Å². The molecule has 0 bridgehead atoms. The van der Waals surface area contributed by atoms with Crippen molar-refractivity contribution in [2.24, 2.45) is 11.8 Å². The summed E-state index contributed by atoms with van der Waals surface area (Å²) in [5.41, 5.74) is 1.90. The van der Waals surface area contributed by atoms with Crippen LogP contribution in [0.1, 0.15) is 35.9 Å². The van der Waals surface area contributed by atoms with E-state index >= 15 is 0 Å². The van der Waals surface area contributed by atoms with Gasteiger partial charge in [0.1, 0.15) is 0 Å². The lowest BCUT2D eigenvalue weighted by molar-refractivity contribution is 0.0374. The highest BCUT2D eigenvalue weighted by Gasteiger charge is 2.44. The maximum atomic E-state index is 12.7. The van der Waals surface area contributed by atoms with E-state index in [4.69, 9.17) is 0 Å². The maximum absolute atomic E-state index is 12.7. The van der Waals surface area contributed by atoms with Crippen LogP contribution < -0.4 is 0 Å². The van der Waals surface area contributed by atoms with Gasteiger partial charge >= 0.3 is 6.55 Å².